The Bertz CT molecular complexity index is 739. The molecule has 0 aliphatic heterocycles. The van der Waals surface area contributed by atoms with E-state index >= 15 is 0 Å². The first-order valence-electron chi connectivity index (χ1n) is 8.21. The molecule has 0 amide bonds. The molecule has 0 aliphatic rings. The second-order valence-corrected chi connectivity index (χ2v) is 5.01. The quantitative estimate of drug-likeness (QED) is 0.380. The van der Waals surface area contributed by atoms with E-state index < -0.39 is 17.9 Å². The second-order valence-electron chi connectivity index (χ2n) is 5.01. The van der Waals surface area contributed by atoms with Gasteiger partial charge in [0.1, 0.15) is 0 Å². The second kappa shape index (κ2) is 18.7. The van der Waals surface area contributed by atoms with Gasteiger partial charge in [-0.25, -0.2) is 14.4 Å². The van der Waals surface area contributed by atoms with E-state index in [-0.39, 0.29) is 23.7 Å². The van der Waals surface area contributed by atoms with Crippen LogP contribution in [0.25, 0.3) is 0 Å². The van der Waals surface area contributed by atoms with Gasteiger partial charge in [-0.3, -0.25) is 0 Å². The Labute approximate surface area is 205 Å². The Balaban J connectivity index is 0. The van der Waals surface area contributed by atoms with Crippen molar-refractivity contribution >= 4 is 63.9 Å². The van der Waals surface area contributed by atoms with E-state index in [0.717, 1.165) is 0 Å². The third kappa shape index (κ3) is 13.8. The minimum absolute atomic E-state index is 0. The maximum atomic E-state index is 10.2. The van der Waals surface area contributed by atoms with Crippen molar-refractivity contribution in [2.24, 2.45) is 0 Å². The third-order valence-electron chi connectivity index (χ3n) is 3.06. The van der Waals surface area contributed by atoms with Gasteiger partial charge in [0.15, 0.2) is 0 Å². The summed E-state index contributed by atoms with van der Waals surface area (Å²) in [5, 5.41) is 25.2. The average Bonchev–Trinajstić information content (AvgIpc) is 2.78. The summed E-state index contributed by atoms with van der Waals surface area (Å²) in [6, 6.07) is 24.9. The first kappa shape index (κ1) is 29.8. The van der Waals surface area contributed by atoms with Crippen molar-refractivity contribution in [1.29, 1.82) is 0 Å². The summed E-state index contributed by atoms with van der Waals surface area (Å²) in [4.78, 5) is 32.7. The number of hydrogen-bond acceptors (Lipinski definition) is 3. The molecule has 0 atom stereocenters. The van der Waals surface area contributed by atoms with Crippen LogP contribution in [0.15, 0.2) is 91.0 Å². The Morgan fingerprint density at radius 2 is 0.667 bits per heavy atom. The monoisotopic (exact) mass is 644 g/mol. The SMILES string of the molecule is C[TeH].O=C(O)c1ccccc1.O=C(O)c1ccccc1.O=C(O)c1ccccc1.[TeH2]. The molecule has 3 aromatic carbocycles. The summed E-state index contributed by atoms with van der Waals surface area (Å²) in [5.41, 5.74) is 0.993. The Kier molecular flexibility index (Phi) is 18.6. The van der Waals surface area contributed by atoms with Crippen molar-refractivity contribution in [3.8, 4) is 0 Å². The number of benzene rings is 3. The molecule has 0 saturated heterocycles. The number of carboxylic acids is 3. The molecule has 0 aliphatic carbocycles. The molecule has 0 heterocycles. The van der Waals surface area contributed by atoms with Crippen LogP contribution in [0.5, 0.6) is 0 Å². The molecule has 6 nitrogen and oxygen atoms in total. The molecule has 0 aromatic heterocycles. The van der Waals surface area contributed by atoms with E-state index in [1.165, 1.54) is 0 Å². The first-order valence-corrected chi connectivity index (χ1v) is 10.8. The van der Waals surface area contributed by atoms with Crippen LogP contribution < -0.4 is 0 Å². The summed E-state index contributed by atoms with van der Waals surface area (Å²) in [7, 11) is 0. The van der Waals surface area contributed by atoms with Crippen molar-refractivity contribution in [3.05, 3.63) is 108 Å². The fourth-order valence-electron chi connectivity index (χ4n) is 1.74. The predicted molar refractivity (Wildman–Crippen MR) is 122 cm³/mol. The van der Waals surface area contributed by atoms with Crippen LogP contribution in [0.1, 0.15) is 31.1 Å². The Morgan fingerprint density at radius 3 is 0.767 bits per heavy atom. The molecule has 0 saturated carbocycles. The number of rotatable bonds is 3. The van der Waals surface area contributed by atoms with Crippen LogP contribution in [0.3, 0.4) is 0 Å². The number of carbonyl (C=O) groups is 3. The van der Waals surface area contributed by atoms with Gasteiger partial charge in [-0.05, 0) is 36.4 Å². The van der Waals surface area contributed by atoms with Crippen LogP contribution in [0, 0.1) is 0 Å². The zero-order valence-corrected chi connectivity index (χ0v) is 21.6. The van der Waals surface area contributed by atoms with Gasteiger partial charge in [0, 0.05) is 0 Å². The van der Waals surface area contributed by atoms with Crippen molar-refractivity contribution in [2.75, 3.05) is 0 Å². The maximum absolute atomic E-state index is 10.2. The fraction of sp³-hybridized carbons (Fsp3) is 0.0455. The molecule has 0 radical (unpaired) electrons. The minimum atomic E-state index is -0.879. The van der Waals surface area contributed by atoms with Gasteiger partial charge < -0.3 is 15.3 Å². The van der Waals surface area contributed by atoms with E-state index in [2.05, 4.69) is 4.97 Å². The number of hydrogen-bond donors (Lipinski definition) is 3. The van der Waals surface area contributed by atoms with E-state index in [1.807, 2.05) is 0 Å². The van der Waals surface area contributed by atoms with Crippen molar-refractivity contribution < 1.29 is 29.7 Å². The molecule has 30 heavy (non-hydrogen) atoms. The molecule has 3 N–H and O–H groups in total. The van der Waals surface area contributed by atoms with Crippen LogP contribution in [-0.4, -0.2) is 79.2 Å². The molecule has 3 aromatic rings. The molecule has 0 unspecified atom stereocenters. The van der Waals surface area contributed by atoms with E-state index in [4.69, 9.17) is 15.3 Å². The molecule has 0 fully saturated rings. The summed E-state index contributed by atoms with van der Waals surface area (Å²) < 4.78 is 0. The zero-order chi connectivity index (χ0) is 22.1. The van der Waals surface area contributed by atoms with Crippen molar-refractivity contribution in [3.63, 3.8) is 0 Å². The van der Waals surface area contributed by atoms with E-state index in [0.29, 0.717) is 16.7 Å². The Hall–Kier alpha value is -2.35. The molecule has 8 heteroatoms. The van der Waals surface area contributed by atoms with Crippen molar-refractivity contribution in [2.45, 2.75) is 4.97 Å². The van der Waals surface area contributed by atoms with Gasteiger partial charge >= 0.3 is 68.8 Å². The molecule has 3 rings (SSSR count). The number of aromatic carboxylic acids is 3. The third-order valence-corrected chi connectivity index (χ3v) is 3.06. The van der Waals surface area contributed by atoms with Crippen molar-refractivity contribution in [1.82, 2.24) is 0 Å². The average molecular weight is 640 g/mol. The van der Waals surface area contributed by atoms with Crippen LogP contribution in [-0.2, 0) is 0 Å². The number of carboxylic acid groups (broad SMARTS) is 3. The van der Waals surface area contributed by atoms with Gasteiger partial charge in [-0.15, -0.1) is 0 Å². The van der Waals surface area contributed by atoms with Crippen LogP contribution >= 0.6 is 0 Å². The summed E-state index contributed by atoms with van der Waals surface area (Å²) in [6.07, 6.45) is 0. The zero-order valence-electron chi connectivity index (χ0n) is 16.2. The normalized spacial score (nSPS) is 8.20. The summed E-state index contributed by atoms with van der Waals surface area (Å²) in [5.74, 6) is -2.64. The first-order chi connectivity index (χ1) is 13.9. The summed E-state index contributed by atoms with van der Waals surface area (Å²) >= 11 is 1.75. The van der Waals surface area contributed by atoms with Gasteiger partial charge in [0.2, 0.25) is 0 Å². The topological polar surface area (TPSA) is 112 Å². The van der Waals surface area contributed by atoms with E-state index in [9.17, 15) is 14.4 Å². The van der Waals surface area contributed by atoms with Gasteiger partial charge in [-0.2, -0.15) is 0 Å². The predicted octanol–water partition coefficient (Wildman–Crippen LogP) is 3.17. The van der Waals surface area contributed by atoms with Gasteiger partial charge in [-0.1, -0.05) is 54.6 Å². The van der Waals surface area contributed by atoms with Crippen LogP contribution in [0.4, 0.5) is 0 Å². The standard InChI is InChI=1S/3C7H6O2.CH4Te.H2Te/c3*8-7(9)6-4-2-1-3-5-6;1-2;/h3*1-5H,(H,8,9);2H,1H3;1H2. The fourth-order valence-corrected chi connectivity index (χ4v) is 1.74. The molecule has 0 bridgehead atoms. The molecule has 0 spiro atoms. The molecular weight excluding hydrogens is 615 g/mol. The molecule has 160 valence electrons. The van der Waals surface area contributed by atoms with Gasteiger partial charge in [0.25, 0.3) is 0 Å². The summed E-state index contributed by atoms with van der Waals surface area (Å²) in [6.45, 7) is 0. The Morgan fingerprint density at radius 1 is 0.500 bits per heavy atom. The van der Waals surface area contributed by atoms with E-state index in [1.54, 1.807) is 113 Å². The van der Waals surface area contributed by atoms with Crippen LogP contribution in [0.2, 0.25) is 4.97 Å². The molecular formula is C22H24O6Te2. The van der Waals surface area contributed by atoms with Gasteiger partial charge in [0.05, 0.1) is 16.7 Å².